The van der Waals surface area contributed by atoms with Gasteiger partial charge >= 0.3 is 0 Å². The minimum Gasteiger partial charge on any atom is -0.382 e. The highest BCUT2D eigenvalue weighted by Crippen LogP contribution is 2.11. The van der Waals surface area contributed by atoms with E-state index in [4.69, 9.17) is 4.74 Å². The predicted octanol–water partition coefficient (Wildman–Crippen LogP) is 2.66. The largest absolute Gasteiger partial charge is 0.382 e. The Morgan fingerprint density at radius 1 is 1.27 bits per heavy atom. The molecule has 0 spiro atoms. The second kappa shape index (κ2) is 8.87. The number of nitrogens with zero attached hydrogens (tertiary/aromatic N) is 4. The highest BCUT2D eigenvalue weighted by Gasteiger charge is 2.10. The number of para-hydroxylation sites is 1. The van der Waals surface area contributed by atoms with E-state index in [0.717, 1.165) is 12.0 Å². The van der Waals surface area contributed by atoms with Gasteiger partial charge in [0.1, 0.15) is 0 Å². The van der Waals surface area contributed by atoms with Gasteiger partial charge in [-0.2, -0.15) is 5.10 Å². The van der Waals surface area contributed by atoms with E-state index in [1.165, 1.54) is 0 Å². The maximum Gasteiger partial charge on any atom is 0.262 e. The molecule has 26 heavy (non-hydrogen) atoms. The van der Waals surface area contributed by atoms with Crippen molar-refractivity contribution in [1.29, 1.82) is 0 Å². The zero-order valence-corrected chi connectivity index (χ0v) is 14.6. The molecule has 0 saturated heterocycles. The van der Waals surface area contributed by atoms with Gasteiger partial charge in [-0.05, 0) is 31.5 Å². The Hall–Kier alpha value is -3.06. The zero-order valence-electron chi connectivity index (χ0n) is 14.6. The molecule has 2 heterocycles. The van der Waals surface area contributed by atoms with E-state index in [2.05, 4.69) is 20.5 Å². The molecular formula is C19H21N5O2. The summed E-state index contributed by atoms with van der Waals surface area (Å²) < 4.78 is 6.97. The third kappa shape index (κ3) is 4.31. The monoisotopic (exact) mass is 351 g/mol. The molecule has 0 fully saturated rings. The lowest BCUT2D eigenvalue weighted by Gasteiger charge is -2.12. The summed E-state index contributed by atoms with van der Waals surface area (Å²) in [5, 5.41) is 4.78. The van der Waals surface area contributed by atoms with Crippen molar-refractivity contribution in [3.05, 3.63) is 64.7 Å². The summed E-state index contributed by atoms with van der Waals surface area (Å²) in [4.78, 5) is 21.4. The van der Waals surface area contributed by atoms with Crippen molar-refractivity contribution in [3.8, 4) is 0 Å². The average molecular weight is 351 g/mol. The van der Waals surface area contributed by atoms with E-state index in [1.807, 2.05) is 37.3 Å². The normalized spacial score (nSPS) is 11.3. The van der Waals surface area contributed by atoms with Gasteiger partial charge in [0.15, 0.2) is 0 Å². The molecule has 1 aromatic carbocycles. The van der Waals surface area contributed by atoms with E-state index < -0.39 is 0 Å². The Bertz CT molecular complexity index is 938. The number of hydrogen-bond acceptors (Lipinski definition) is 6. The van der Waals surface area contributed by atoms with Gasteiger partial charge in [-0.25, -0.2) is 10.4 Å². The molecule has 0 atom stereocenters. The summed E-state index contributed by atoms with van der Waals surface area (Å²) in [5.74, 6) is 0.408. The molecule has 0 aliphatic heterocycles. The van der Waals surface area contributed by atoms with E-state index in [9.17, 15) is 4.79 Å². The average Bonchev–Trinajstić information content (AvgIpc) is 2.68. The Morgan fingerprint density at radius 2 is 2.15 bits per heavy atom. The number of hydrazone groups is 1. The van der Waals surface area contributed by atoms with Crippen LogP contribution in [0.2, 0.25) is 0 Å². The van der Waals surface area contributed by atoms with Crippen molar-refractivity contribution >= 4 is 23.1 Å². The Kier molecular flexibility index (Phi) is 6.05. The number of nitrogens with one attached hydrogen (secondary N) is 1. The first-order valence-corrected chi connectivity index (χ1v) is 8.56. The molecule has 7 heteroatoms. The molecular weight excluding hydrogens is 330 g/mol. The van der Waals surface area contributed by atoms with E-state index in [0.29, 0.717) is 36.6 Å². The van der Waals surface area contributed by atoms with Crippen LogP contribution in [0.4, 0.5) is 5.95 Å². The van der Waals surface area contributed by atoms with Crippen molar-refractivity contribution in [3.63, 3.8) is 0 Å². The van der Waals surface area contributed by atoms with Gasteiger partial charge in [0, 0.05) is 37.7 Å². The minimum atomic E-state index is -0.0915. The van der Waals surface area contributed by atoms with Gasteiger partial charge in [-0.3, -0.25) is 14.3 Å². The summed E-state index contributed by atoms with van der Waals surface area (Å²) in [6.45, 7) is 3.70. The molecule has 0 unspecified atom stereocenters. The maximum atomic E-state index is 12.8. The van der Waals surface area contributed by atoms with Crippen LogP contribution in [0, 0.1) is 0 Å². The van der Waals surface area contributed by atoms with E-state index >= 15 is 0 Å². The fraction of sp³-hybridized carbons (Fsp3) is 0.263. The van der Waals surface area contributed by atoms with Crippen molar-refractivity contribution in [2.75, 3.05) is 18.6 Å². The Labute approximate surface area is 151 Å². The first kappa shape index (κ1) is 17.8. The van der Waals surface area contributed by atoms with Crippen LogP contribution in [-0.2, 0) is 11.3 Å². The molecule has 0 aliphatic carbocycles. The highest BCUT2D eigenvalue weighted by atomic mass is 16.5. The number of rotatable bonds is 8. The molecule has 0 amide bonds. The van der Waals surface area contributed by atoms with Crippen LogP contribution >= 0.6 is 0 Å². The van der Waals surface area contributed by atoms with Crippen LogP contribution in [0.15, 0.2) is 58.7 Å². The molecule has 0 aliphatic rings. The topological polar surface area (TPSA) is 81.4 Å². The molecule has 1 N–H and O–H groups in total. The van der Waals surface area contributed by atoms with Crippen molar-refractivity contribution < 1.29 is 4.74 Å². The SMILES string of the molecule is CCOCCCn1c(N/N=C\c2cccnc2)nc2ccccc2c1=O. The van der Waals surface area contributed by atoms with Gasteiger partial charge in [0.2, 0.25) is 5.95 Å². The second-order valence-electron chi connectivity index (χ2n) is 5.62. The number of ether oxygens (including phenoxy) is 1. The number of aromatic nitrogens is 3. The maximum absolute atomic E-state index is 12.8. The summed E-state index contributed by atoms with van der Waals surface area (Å²) in [7, 11) is 0. The number of fused-ring (bicyclic) bond motifs is 1. The molecule has 3 aromatic rings. The van der Waals surface area contributed by atoms with Crippen LogP contribution in [0.25, 0.3) is 10.9 Å². The van der Waals surface area contributed by atoms with Gasteiger partial charge in [-0.1, -0.05) is 18.2 Å². The summed E-state index contributed by atoms with van der Waals surface area (Å²) in [6.07, 6.45) is 5.76. The van der Waals surface area contributed by atoms with Crippen molar-refractivity contribution in [1.82, 2.24) is 14.5 Å². The van der Waals surface area contributed by atoms with Crippen LogP contribution in [0.5, 0.6) is 0 Å². The number of benzene rings is 1. The first-order chi connectivity index (χ1) is 12.8. The second-order valence-corrected chi connectivity index (χ2v) is 5.62. The number of hydrogen-bond donors (Lipinski definition) is 1. The van der Waals surface area contributed by atoms with E-state index in [1.54, 1.807) is 29.2 Å². The third-order valence-corrected chi connectivity index (χ3v) is 3.80. The Morgan fingerprint density at radius 3 is 2.96 bits per heavy atom. The molecule has 3 rings (SSSR count). The molecule has 0 radical (unpaired) electrons. The van der Waals surface area contributed by atoms with Crippen LogP contribution in [-0.4, -0.2) is 34.0 Å². The Balaban J connectivity index is 1.88. The lowest BCUT2D eigenvalue weighted by molar-refractivity contribution is 0.141. The fourth-order valence-corrected chi connectivity index (χ4v) is 2.55. The van der Waals surface area contributed by atoms with Gasteiger partial charge in [0.05, 0.1) is 17.1 Å². The van der Waals surface area contributed by atoms with Gasteiger partial charge < -0.3 is 4.74 Å². The molecule has 2 aromatic heterocycles. The van der Waals surface area contributed by atoms with Gasteiger partial charge in [0.25, 0.3) is 5.56 Å². The quantitative estimate of drug-likeness (QED) is 0.383. The predicted molar refractivity (Wildman–Crippen MR) is 103 cm³/mol. The summed E-state index contributed by atoms with van der Waals surface area (Å²) >= 11 is 0. The molecule has 0 saturated carbocycles. The van der Waals surface area contributed by atoms with Crippen LogP contribution in [0.1, 0.15) is 18.9 Å². The summed E-state index contributed by atoms with van der Waals surface area (Å²) in [5.41, 5.74) is 4.29. The molecule has 0 bridgehead atoms. The van der Waals surface area contributed by atoms with Crippen molar-refractivity contribution in [2.45, 2.75) is 19.9 Å². The fourth-order valence-electron chi connectivity index (χ4n) is 2.55. The molecule has 7 nitrogen and oxygen atoms in total. The number of pyridine rings is 1. The lowest BCUT2D eigenvalue weighted by atomic mass is 10.2. The van der Waals surface area contributed by atoms with Gasteiger partial charge in [-0.15, -0.1) is 0 Å². The zero-order chi connectivity index (χ0) is 18.2. The van der Waals surface area contributed by atoms with Crippen LogP contribution < -0.4 is 11.0 Å². The van der Waals surface area contributed by atoms with Crippen LogP contribution in [0.3, 0.4) is 0 Å². The van der Waals surface area contributed by atoms with E-state index in [-0.39, 0.29) is 5.56 Å². The van der Waals surface area contributed by atoms with Crippen molar-refractivity contribution in [2.24, 2.45) is 5.10 Å². The first-order valence-electron chi connectivity index (χ1n) is 8.56. The minimum absolute atomic E-state index is 0.0915. The molecule has 134 valence electrons. The third-order valence-electron chi connectivity index (χ3n) is 3.80. The standard InChI is InChI=1S/C19H21N5O2/c1-2-26-12-6-11-24-18(25)16-8-3-4-9-17(16)22-19(24)23-21-14-15-7-5-10-20-13-15/h3-5,7-10,13-14H,2,6,11-12H2,1H3,(H,22,23)/b21-14-. The number of anilines is 1. The smallest absolute Gasteiger partial charge is 0.262 e. The lowest BCUT2D eigenvalue weighted by Crippen LogP contribution is -2.25. The highest BCUT2D eigenvalue weighted by molar-refractivity contribution is 5.80. The summed E-state index contributed by atoms with van der Waals surface area (Å²) in [6, 6.07) is 11.0.